The van der Waals surface area contributed by atoms with Gasteiger partial charge in [0.05, 0.1) is 0 Å². The van der Waals surface area contributed by atoms with Gasteiger partial charge in [0, 0.05) is 16.2 Å². The Kier molecular flexibility index (Phi) is 5.12. The van der Waals surface area contributed by atoms with E-state index >= 15 is 0 Å². The second-order valence-electron chi connectivity index (χ2n) is 13.3. The molecule has 216 valence electrons. The molecular weight excluding hydrogens is 556 g/mol. The zero-order chi connectivity index (χ0) is 30.6. The van der Waals surface area contributed by atoms with E-state index in [-0.39, 0.29) is 5.41 Å². The van der Waals surface area contributed by atoms with E-state index in [0.29, 0.717) is 0 Å². The highest BCUT2D eigenvalue weighted by atomic mass is 16.3. The van der Waals surface area contributed by atoms with Gasteiger partial charge < -0.3 is 4.42 Å². The molecule has 1 heterocycles. The van der Waals surface area contributed by atoms with Crippen LogP contribution >= 0.6 is 0 Å². The molecule has 1 nitrogen and oxygen atoms in total. The Hall–Kier alpha value is -5.66. The number of hydrogen-bond donors (Lipinski definition) is 0. The van der Waals surface area contributed by atoms with Crippen LogP contribution in [0.1, 0.15) is 25.0 Å². The first-order valence-electron chi connectivity index (χ1n) is 16.1. The summed E-state index contributed by atoms with van der Waals surface area (Å²) in [5.41, 5.74) is 12.2. The minimum Gasteiger partial charge on any atom is -0.456 e. The van der Waals surface area contributed by atoms with Gasteiger partial charge in [0.2, 0.25) is 0 Å². The first kappa shape index (κ1) is 25.6. The highest BCUT2D eigenvalue weighted by molar-refractivity contribution is 6.16. The summed E-state index contributed by atoms with van der Waals surface area (Å²) in [6.45, 7) is 4.75. The van der Waals surface area contributed by atoms with E-state index in [1.165, 1.54) is 87.6 Å². The fourth-order valence-electron chi connectivity index (χ4n) is 8.21. The highest BCUT2D eigenvalue weighted by Gasteiger charge is 2.37. The zero-order valence-electron chi connectivity index (χ0n) is 25.8. The Morgan fingerprint density at radius 2 is 1.09 bits per heavy atom. The molecule has 10 rings (SSSR count). The Bertz CT molecular complexity index is 2720. The Balaban J connectivity index is 1.18. The fraction of sp³-hybridized carbons (Fsp3) is 0.0667. The van der Waals surface area contributed by atoms with Crippen molar-refractivity contribution in [2.24, 2.45) is 0 Å². The normalized spacial score (nSPS) is 13.6. The van der Waals surface area contributed by atoms with Gasteiger partial charge in [0.25, 0.3) is 0 Å². The third-order valence-corrected chi connectivity index (χ3v) is 10.5. The molecule has 9 aromatic rings. The van der Waals surface area contributed by atoms with Crippen LogP contribution in [0.4, 0.5) is 0 Å². The van der Waals surface area contributed by atoms with Crippen LogP contribution in [0.25, 0.3) is 87.6 Å². The highest BCUT2D eigenvalue weighted by Crippen LogP contribution is 2.53. The molecule has 0 saturated carbocycles. The number of rotatable bonds is 2. The average Bonchev–Trinajstić information content (AvgIpc) is 3.57. The maximum Gasteiger partial charge on any atom is 0.136 e. The number of benzene rings is 8. The van der Waals surface area contributed by atoms with Crippen LogP contribution < -0.4 is 0 Å². The lowest BCUT2D eigenvalue weighted by Gasteiger charge is -2.22. The molecule has 0 spiro atoms. The summed E-state index contributed by atoms with van der Waals surface area (Å²) in [7, 11) is 0. The van der Waals surface area contributed by atoms with Crippen LogP contribution in [0.5, 0.6) is 0 Å². The van der Waals surface area contributed by atoms with Crippen molar-refractivity contribution in [3.8, 4) is 33.4 Å². The maximum absolute atomic E-state index is 6.43. The summed E-state index contributed by atoms with van der Waals surface area (Å²) in [5.74, 6) is 0. The SMILES string of the molecule is CC1(C)c2cc(-c3cccc4oc5cc6ccccc6cc5c34)ccc2-c2c1ccc1c(-c3cccc4ccccc34)cccc21. The largest absolute Gasteiger partial charge is 0.456 e. The molecule has 0 amide bonds. The van der Waals surface area contributed by atoms with Crippen molar-refractivity contribution >= 4 is 54.3 Å². The van der Waals surface area contributed by atoms with Crippen LogP contribution in [-0.4, -0.2) is 0 Å². The molecule has 1 aliphatic carbocycles. The molecule has 0 fully saturated rings. The molecule has 8 aromatic carbocycles. The third-order valence-electron chi connectivity index (χ3n) is 10.5. The van der Waals surface area contributed by atoms with Crippen LogP contribution in [0.15, 0.2) is 150 Å². The van der Waals surface area contributed by atoms with Crippen molar-refractivity contribution in [2.75, 3.05) is 0 Å². The van der Waals surface area contributed by atoms with Crippen molar-refractivity contribution in [3.63, 3.8) is 0 Å². The summed E-state index contributed by atoms with van der Waals surface area (Å²) < 4.78 is 6.43. The van der Waals surface area contributed by atoms with Gasteiger partial charge in [-0.2, -0.15) is 0 Å². The maximum atomic E-state index is 6.43. The smallest absolute Gasteiger partial charge is 0.136 e. The van der Waals surface area contributed by atoms with E-state index < -0.39 is 0 Å². The predicted octanol–water partition coefficient (Wildman–Crippen LogP) is 12.7. The van der Waals surface area contributed by atoms with E-state index in [2.05, 4.69) is 159 Å². The van der Waals surface area contributed by atoms with Crippen molar-refractivity contribution < 1.29 is 4.42 Å². The van der Waals surface area contributed by atoms with E-state index in [0.717, 1.165) is 11.2 Å². The fourth-order valence-corrected chi connectivity index (χ4v) is 8.21. The van der Waals surface area contributed by atoms with E-state index in [4.69, 9.17) is 4.42 Å². The van der Waals surface area contributed by atoms with Crippen LogP contribution in [-0.2, 0) is 5.41 Å². The van der Waals surface area contributed by atoms with Crippen molar-refractivity contribution in [1.29, 1.82) is 0 Å². The predicted molar refractivity (Wildman–Crippen MR) is 195 cm³/mol. The Morgan fingerprint density at radius 3 is 1.96 bits per heavy atom. The number of hydrogen-bond acceptors (Lipinski definition) is 1. The molecule has 0 atom stereocenters. The van der Waals surface area contributed by atoms with Gasteiger partial charge in [-0.1, -0.05) is 135 Å². The van der Waals surface area contributed by atoms with Gasteiger partial charge in [-0.3, -0.25) is 0 Å². The molecular formula is C45H30O. The van der Waals surface area contributed by atoms with Gasteiger partial charge >= 0.3 is 0 Å². The molecule has 0 aliphatic heterocycles. The third kappa shape index (κ3) is 3.46. The quantitative estimate of drug-likeness (QED) is 0.196. The lowest BCUT2D eigenvalue weighted by molar-refractivity contribution is 0.661. The minimum atomic E-state index is -0.132. The molecule has 0 radical (unpaired) electrons. The molecule has 0 bridgehead atoms. The van der Waals surface area contributed by atoms with Gasteiger partial charge in [0.1, 0.15) is 11.2 Å². The summed E-state index contributed by atoms with van der Waals surface area (Å²) >= 11 is 0. The number of furan rings is 1. The summed E-state index contributed by atoms with van der Waals surface area (Å²) in [6, 6.07) is 53.4. The molecule has 0 saturated heterocycles. The van der Waals surface area contributed by atoms with E-state index in [1.807, 2.05) is 0 Å². The van der Waals surface area contributed by atoms with Crippen molar-refractivity contribution in [3.05, 3.63) is 157 Å². The van der Waals surface area contributed by atoms with E-state index in [1.54, 1.807) is 0 Å². The Labute approximate surface area is 267 Å². The first-order valence-corrected chi connectivity index (χ1v) is 16.1. The van der Waals surface area contributed by atoms with Crippen LogP contribution in [0.3, 0.4) is 0 Å². The van der Waals surface area contributed by atoms with Gasteiger partial charge in [-0.05, 0) is 101 Å². The van der Waals surface area contributed by atoms with Gasteiger partial charge in [-0.25, -0.2) is 0 Å². The summed E-state index contributed by atoms with van der Waals surface area (Å²) in [4.78, 5) is 0. The molecule has 0 N–H and O–H groups in total. The molecule has 46 heavy (non-hydrogen) atoms. The lowest BCUT2D eigenvalue weighted by Crippen LogP contribution is -2.15. The lowest BCUT2D eigenvalue weighted by atomic mass is 9.81. The standard InChI is InChI=1S/C45H30O/c1-45(2)39-23-22-35-34(33-16-7-13-27-10-5-6-14-31(27)33)17-8-18-36(35)43(39)37-21-20-30(25-40(37)45)32-15-9-19-41-44(32)38-24-28-11-3-4-12-29(28)26-42(38)46-41/h3-26H,1-2H3. The first-order chi connectivity index (χ1) is 22.6. The second-order valence-corrected chi connectivity index (χ2v) is 13.3. The minimum absolute atomic E-state index is 0.132. The van der Waals surface area contributed by atoms with Crippen molar-refractivity contribution in [1.82, 2.24) is 0 Å². The van der Waals surface area contributed by atoms with Crippen molar-refractivity contribution in [2.45, 2.75) is 19.3 Å². The number of fused-ring (bicyclic) bond motifs is 10. The van der Waals surface area contributed by atoms with Crippen LogP contribution in [0, 0.1) is 0 Å². The monoisotopic (exact) mass is 586 g/mol. The van der Waals surface area contributed by atoms with Crippen LogP contribution in [0.2, 0.25) is 0 Å². The Morgan fingerprint density at radius 1 is 0.413 bits per heavy atom. The topological polar surface area (TPSA) is 13.1 Å². The molecule has 1 aliphatic rings. The van der Waals surface area contributed by atoms with E-state index in [9.17, 15) is 0 Å². The van der Waals surface area contributed by atoms with Gasteiger partial charge in [-0.15, -0.1) is 0 Å². The summed E-state index contributed by atoms with van der Waals surface area (Å²) in [5, 5.41) is 9.95. The molecule has 0 unspecified atom stereocenters. The zero-order valence-corrected chi connectivity index (χ0v) is 25.8. The molecule has 1 heteroatoms. The van der Waals surface area contributed by atoms with Gasteiger partial charge in [0.15, 0.2) is 0 Å². The average molecular weight is 587 g/mol. The summed E-state index contributed by atoms with van der Waals surface area (Å²) in [6.07, 6.45) is 0. The molecule has 1 aromatic heterocycles. The second kappa shape index (κ2) is 9.19.